The Kier molecular flexibility index (Phi) is 9.46. The Morgan fingerprint density at radius 1 is 1.10 bits per heavy atom. The predicted molar refractivity (Wildman–Crippen MR) is 166 cm³/mol. The van der Waals surface area contributed by atoms with Crippen LogP contribution in [0, 0.1) is 18.2 Å². The summed E-state index contributed by atoms with van der Waals surface area (Å²) in [5, 5.41) is 13.7. The van der Waals surface area contributed by atoms with Crippen molar-refractivity contribution in [3.8, 4) is 16.9 Å². The van der Waals surface area contributed by atoms with Crippen molar-refractivity contribution in [2.75, 3.05) is 37.0 Å². The van der Waals surface area contributed by atoms with Crippen molar-refractivity contribution in [2.45, 2.75) is 72.5 Å². The lowest BCUT2D eigenvalue weighted by Crippen LogP contribution is -2.39. The molecule has 1 aromatic heterocycles. The van der Waals surface area contributed by atoms with Gasteiger partial charge < -0.3 is 24.8 Å². The van der Waals surface area contributed by atoms with Gasteiger partial charge in [-0.15, -0.1) is 0 Å². The summed E-state index contributed by atoms with van der Waals surface area (Å²) in [4.78, 5) is 19.9. The monoisotopic (exact) mass is 577 g/mol. The second-order valence-corrected chi connectivity index (χ2v) is 12.8. The molecule has 1 atom stereocenters. The van der Waals surface area contributed by atoms with E-state index in [1.165, 1.54) is 12.1 Å². The van der Waals surface area contributed by atoms with Gasteiger partial charge in [0.2, 0.25) is 0 Å². The molecule has 0 aliphatic carbocycles. The van der Waals surface area contributed by atoms with Crippen LogP contribution >= 0.6 is 0 Å². The van der Waals surface area contributed by atoms with Gasteiger partial charge >= 0.3 is 5.97 Å². The van der Waals surface area contributed by atoms with Gasteiger partial charge in [0.15, 0.2) is 6.10 Å². The van der Waals surface area contributed by atoms with Crippen LogP contribution in [-0.4, -0.2) is 48.4 Å². The number of benzene rings is 2. The first kappa shape index (κ1) is 31.3. The van der Waals surface area contributed by atoms with E-state index in [4.69, 9.17) is 14.5 Å². The second-order valence-electron chi connectivity index (χ2n) is 12.8. The SMILES string of the molecule is CNc1nc(C)c(C(OC(C)(C)C)C(=O)O)c(N2CCC(C)(C)CC2)c1-c1ccc(OCCc2ccc(F)cc2)cc1. The van der Waals surface area contributed by atoms with Gasteiger partial charge in [0, 0.05) is 43.4 Å². The van der Waals surface area contributed by atoms with Gasteiger partial charge in [0.1, 0.15) is 17.4 Å². The van der Waals surface area contributed by atoms with Crippen molar-refractivity contribution in [3.63, 3.8) is 0 Å². The highest BCUT2D eigenvalue weighted by atomic mass is 19.1. The summed E-state index contributed by atoms with van der Waals surface area (Å²) in [6.07, 6.45) is 1.46. The molecule has 226 valence electrons. The van der Waals surface area contributed by atoms with Crippen molar-refractivity contribution < 1.29 is 23.8 Å². The Morgan fingerprint density at radius 3 is 2.26 bits per heavy atom. The van der Waals surface area contributed by atoms with E-state index in [0.717, 1.165) is 48.3 Å². The Morgan fingerprint density at radius 2 is 1.71 bits per heavy atom. The molecule has 1 fully saturated rings. The molecule has 0 bridgehead atoms. The van der Waals surface area contributed by atoms with E-state index in [1.54, 1.807) is 12.1 Å². The Balaban J connectivity index is 1.75. The summed E-state index contributed by atoms with van der Waals surface area (Å²) in [5.74, 6) is 0.104. The Bertz CT molecular complexity index is 1370. The lowest BCUT2D eigenvalue weighted by molar-refractivity contribution is -0.160. The van der Waals surface area contributed by atoms with Gasteiger partial charge in [0.25, 0.3) is 0 Å². The number of nitrogens with one attached hydrogen (secondary N) is 1. The van der Waals surface area contributed by atoms with Crippen molar-refractivity contribution in [2.24, 2.45) is 5.41 Å². The number of carboxylic acid groups (broad SMARTS) is 1. The van der Waals surface area contributed by atoms with Crippen LogP contribution in [-0.2, 0) is 16.0 Å². The minimum Gasteiger partial charge on any atom is -0.493 e. The molecule has 1 unspecified atom stereocenters. The largest absolute Gasteiger partial charge is 0.493 e. The van der Waals surface area contributed by atoms with Crippen molar-refractivity contribution in [1.82, 2.24) is 4.98 Å². The molecule has 1 saturated heterocycles. The summed E-state index contributed by atoms with van der Waals surface area (Å²) < 4.78 is 25.4. The van der Waals surface area contributed by atoms with Crippen LogP contribution in [0.25, 0.3) is 11.1 Å². The number of pyridine rings is 1. The number of aromatic nitrogens is 1. The van der Waals surface area contributed by atoms with E-state index in [2.05, 4.69) is 24.1 Å². The Labute approximate surface area is 249 Å². The number of aryl methyl sites for hydroxylation is 1. The maximum atomic E-state index is 13.2. The highest BCUT2D eigenvalue weighted by molar-refractivity contribution is 5.92. The number of anilines is 2. The maximum absolute atomic E-state index is 13.2. The number of carbonyl (C=O) groups is 1. The predicted octanol–water partition coefficient (Wildman–Crippen LogP) is 7.43. The summed E-state index contributed by atoms with van der Waals surface area (Å²) in [6, 6.07) is 14.3. The molecule has 3 aromatic rings. The molecule has 2 N–H and O–H groups in total. The smallest absolute Gasteiger partial charge is 0.337 e. The van der Waals surface area contributed by atoms with Gasteiger partial charge in [-0.05, 0) is 81.3 Å². The van der Waals surface area contributed by atoms with E-state index in [1.807, 2.05) is 59.0 Å². The number of ether oxygens (including phenoxy) is 2. The molecule has 0 radical (unpaired) electrons. The number of hydrogen-bond donors (Lipinski definition) is 2. The van der Waals surface area contributed by atoms with Crippen molar-refractivity contribution in [3.05, 3.63) is 71.2 Å². The van der Waals surface area contributed by atoms with E-state index in [9.17, 15) is 14.3 Å². The lowest BCUT2D eigenvalue weighted by atomic mass is 9.82. The molecule has 2 heterocycles. The van der Waals surface area contributed by atoms with Crippen molar-refractivity contribution in [1.29, 1.82) is 0 Å². The molecule has 4 rings (SSSR count). The van der Waals surface area contributed by atoms with E-state index in [0.29, 0.717) is 35.9 Å². The van der Waals surface area contributed by atoms with Crippen LogP contribution in [0.2, 0.25) is 0 Å². The summed E-state index contributed by atoms with van der Waals surface area (Å²) in [6.45, 7) is 14.1. The minimum atomic E-state index is -1.18. The molecule has 0 amide bonds. The van der Waals surface area contributed by atoms with Gasteiger partial charge in [-0.25, -0.2) is 14.2 Å². The zero-order valence-corrected chi connectivity index (χ0v) is 25.9. The molecule has 2 aromatic carbocycles. The molecule has 42 heavy (non-hydrogen) atoms. The molecular weight excluding hydrogens is 533 g/mol. The normalized spacial score (nSPS) is 15.8. The van der Waals surface area contributed by atoms with E-state index >= 15 is 0 Å². The number of piperidine rings is 1. The second kappa shape index (κ2) is 12.7. The molecule has 8 heteroatoms. The van der Waals surface area contributed by atoms with Crippen LogP contribution in [0.3, 0.4) is 0 Å². The van der Waals surface area contributed by atoms with Gasteiger partial charge in [-0.1, -0.05) is 38.1 Å². The number of nitrogens with zero attached hydrogens (tertiary/aromatic N) is 2. The number of halogens is 1. The average Bonchev–Trinajstić information content (AvgIpc) is 2.92. The Hall–Kier alpha value is -3.65. The maximum Gasteiger partial charge on any atom is 0.337 e. The molecule has 0 spiro atoms. The van der Waals surface area contributed by atoms with Crippen LogP contribution in [0.15, 0.2) is 48.5 Å². The minimum absolute atomic E-state index is 0.214. The fourth-order valence-electron chi connectivity index (χ4n) is 5.38. The third-order valence-electron chi connectivity index (χ3n) is 7.74. The third-order valence-corrected chi connectivity index (χ3v) is 7.74. The third kappa shape index (κ3) is 7.59. The molecule has 1 aliphatic heterocycles. The van der Waals surface area contributed by atoms with E-state index < -0.39 is 17.7 Å². The number of hydrogen-bond acceptors (Lipinski definition) is 6. The standard InChI is InChI=1S/C34H44FN3O4/c1-22-27(30(32(39)40)42-33(2,3)4)29(38-19-17-34(5,6)18-20-38)28(31(36-7)37-22)24-10-14-26(15-11-24)41-21-16-23-8-12-25(35)13-9-23/h8-15,30H,16-21H2,1-7H3,(H,36,37)(H,39,40). The van der Waals surface area contributed by atoms with Gasteiger partial charge in [-0.3, -0.25) is 0 Å². The van der Waals surface area contributed by atoms with Crippen LogP contribution in [0.4, 0.5) is 15.9 Å². The number of carboxylic acids is 1. The number of rotatable bonds is 10. The fraction of sp³-hybridized carbons (Fsp3) is 0.471. The van der Waals surface area contributed by atoms with Gasteiger partial charge in [0.05, 0.1) is 17.9 Å². The molecule has 0 saturated carbocycles. The zero-order valence-electron chi connectivity index (χ0n) is 25.9. The molecule has 7 nitrogen and oxygen atoms in total. The quantitative estimate of drug-likeness (QED) is 0.259. The summed E-state index contributed by atoms with van der Waals surface area (Å²) in [5.41, 5.74) is 4.36. The van der Waals surface area contributed by atoms with E-state index in [-0.39, 0.29) is 11.2 Å². The lowest BCUT2D eigenvalue weighted by Gasteiger charge is -2.41. The van der Waals surface area contributed by atoms with Crippen LogP contribution in [0.1, 0.15) is 70.4 Å². The average molecular weight is 578 g/mol. The highest BCUT2D eigenvalue weighted by Crippen LogP contribution is 2.46. The fourth-order valence-corrected chi connectivity index (χ4v) is 5.38. The highest BCUT2D eigenvalue weighted by Gasteiger charge is 2.36. The summed E-state index contributed by atoms with van der Waals surface area (Å²) >= 11 is 0. The van der Waals surface area contributed by atoms with Crippen LogP contribution in [0.5, 0.6) is 5.75 Å². The van der Waals surface area contributed by atoms with Gasteiger partial charge in [-0.2, -0.15) is 0 Å². The van der Waals surface area contributed by atoms with Crippen LogP contribution < -0.4 is 15.0 Å². The zero-order chi connectivity index (χ0) is 30.7. The molecular formula is C34H44FN3O4. The van der Waals surface area contributed by atoms with Crippen molar-refractivity contribution >= 4 is 17.5 Å². The first-order valence-electron chi connectivity index (χ1n) is 14.6. The first-order valence-corrected chi connectivity index (χ1v) is 14.6. The first-order chi connectivity index (χ1) is 19.8. The number of aliphatic carboxylic acids is 1. The topological polar surface area (TPSA) is 83.9 Å². The molecule has 1 aliphatic rings. The summed E-state index contributed by atoms with van der Waals surface area (Å²) in [7, 11) is 1.83.